The Morgan fingerprint density at radius 2 is 2.17 bits per heavy atom. The Kier molecular flexibility index (Phi) is 2.22. The predicted molar refractivity (Wildman–Crippen MR) is 37.1 cm³/mol. The normalized spacial score (nSPS) is 12.0. The average Bonchev–Trinajstić information content (AvgIpc) is 2.29. The van der Waals surface area contributed by atoms with Crippen LogP contribution < -0.4 is 4.87 Å². The maximum Gasteiger partial charge on any atom is 0.445 e. The Morgan fingerprint density at radius 1 is 1.58 bits per heavy atom. The third kappa shape index (κ3) is 1.66. The summed E-state index contributed by atoms with van der Waals surface area (Å²) in [7, 11) is 0. The third-order valence-corrected chi connectivity index (χ3v) is 2.04. The third-order valence-electron chi connectivity index (χ3n) is 1.15. The molecule has 0 fully saturated rings. The van der Waals surface area contributed by atoms with Crippen molar-refractivity contribution in [2.24, 2.45) is 0 Å². The van der Waals surface area contributed by atoms with Crippen LogP contribution in [0.1, 0.15) is 11.9 Å². The molecule has 0 spiro atoms. The second-order valence-electron chi connectivity index (χ2n) is 1.99. The molecule has 7 heteroatoms. The molecule has 68 valence electrons. The van der Waals surface area contributed by atoms with E-state index in [1.54, 1.807) is 6.92 Å². The van der Waals surface area contributed by atoms with Gasteiger partial charge in [-0.1, -0.05) is 0 Å². The molecular formula is C5H5F3N2OS. The number of hydrogen-bond acceptors (Lipinski definition) is 3. The SMILES string of the molecule is CCn1nc(C(F)(F)F)sc1=O. The molecule has 0 unspecified atom stereocenters. The van der Waals surface area contributed by atoms with Gasteiger partial charge in [-0.05, 0) is 18.3 Å². The fourth-order valence-corrected chi connectivity index (χ4v) is 1.32. The molecule has 0 N–H and O–H groups in total. The van der Waals surface area contributed by atoms with Gasteiger partial charge in [-0.25, -0.2) is 4.68 Å². The topological polar surface area (TPSA) is 34.9 Å². The number of halogens is 3. The van der Waals surface area contributed by atoms with Crippen molar-refractivity contribution in [3.05, 3.63) is 14.7 Å². The molecule has 0 bridgehead atoms. The zero-order valence-corrected chi connectivity index (χ0v) is 6.87. The van der Waals surface area contributed by atoms with Gasteiger partial charge < -0.3 is 0 Å². The smallest absolute Gasteiger partial charge is 0.255 e. The summed E-state index contributed by atoms with van der Waals surface area (Å²) in [5.41, 5.74) is 0. The van der Waals surface area contributed by atoms with E-state index in [1.165, 1.54) is 0 Å². The van der Waals surface area contributed by atoms with Crippen LogP contribution in [-0.4, -0.2) is 9.78 Å². The van der Waals surface area contributed by atoms with Crippen molar-refractivity contribution in [3.63, 3.8) is 0 Å². The van der Waals surface area contributed by atoms with Crippen LogP contribution in [0.15, 0.2) is 4.79 Å². The van der Waals surface area contributed by atoms with Gasteiger partial charge in [0.2, 0.25) is 5.01 Å². The lowest BCUT2D eigenvalue weighted by Crippen LogP contribution is -2.13. The fourth-order valence-electron chi connectivity index (χ4n) is 0.621. The van der Waals surface area contributed by atoms with Crippen molar-refractivity contribution >= 4 is 11.3 Å². The van der Waals surface area contributed by atoms with E-state index in [9.17, 15) is 18.0 Å². The fraction of sp³-hybridized carbons (Fsp3) is 0.600. The average molecular weight is 198 g/mol. The lowest BCUT2D eigenvalue weighted by atomic mass is 10.7. The Morgan fingerprint density at radius 3 is 2.42 bits per heavy atom. The van der Waals surface area contributed by atoms with Gasteiger partial charge in [0.05, 0.1) is 0 Å². The van der Waals surface area contributed by atoms with Crippen molar-refractivity contribution in [1.82, 2.24) is 9.78 Å². The first-order valence-electron chi connectivity index (χ1n) is 3.10. The van der Waals surface area contributed by atoms with E-state index >= 15 is 0 Å². The molecule has 0 aliphatic rings. The molecule has 0 aromatic carbocycles. The maximum absolute atomic E-state index is 11.9. The van der Waals surface area contributed by atoms with E-state index < -0.39 is 16.1 Å². The molecule has 0 radical (unpaired) electrons. The van der Waals surface area contributed by atoms with Gasteiger partial charge in [-0.3, -0.25) is 4.79 Å². The van der Waals surface area contributed by atoms with Crippen LogP contribution in [0.5, 0.6) is 0 Å². The summed E-state index contributed by atoms with van der Waals surface area (Å²) in [6, 6.07) is 0. The van der Waals surface area contributed by atoms with Gasteiger partial charge >= 0.3 is 11.0 Å². The van der Waals surface area contributed by atoms with Crippen LogP contribution in [0.25, 0.3) is 0 Å². The number of rotatable bonds is 1. The highest BCUT2D eigenvalue weighted by Gasteiger charge is 2.35. The van der Waals surface area contributed by atoms with E-state index in [4.69, 9.17) is 0 Å². The lowest BCUT2D eigenvalue weighted by Gasteiger charge is -1.98. The van der Waals surface area contributed by atoms with E-state index in [2.05, 4.69) is 5.10 Å². The van der Waals surface area contributed by atoms with Crippen LogP contribution in [0.4, 0.5) is 13.2 Å². The molecule has 0 atom stereocenters. The van der Waals surface area contributed by atoms with Gasteiger partial charge in [0.15, 0.2) is 0 Å². The monoisotopic (exact) mass is 198 g/mol. The maximum atomic E-state index is 11.9. The molecule has 0 saturated heterocycles. The minimum atomic E-state index is -4.51. The molecule has 1 aromatic heterocycles. The molecule has 0 saturated carbocycles. The Labute approximate surface area is 69.4 Å². The minimum Gasteiger partial charge on any atom is -0.255 e. The van der Waals surface area contributed by atoms with Crippen LogP contribution in [0.3, 0.4) is 0 Å². The highest BCUT2D eigenvalue weighted by molar-refractivity contribution is 7.09. The van der Waals surface area contributed by atoms with Crippen LogP contribution in [-0.2, 0) is 12.7 Å². The summed E-state index contributed by atoms with van der Waals surface area (Å²) < 4.78 is 36.5. The zero-order chi connectivity index (χ0) is 9.35. The molecule has 1 aromatic rings. The van der Waals surface area contributed by atoms with Crippen LogP contribution in [0.2, 0.25) is 0 Å². The second kappa shape index (κ2) is 2.89. The van der Waals surface area contributed by atoms with Crippen molar-refractivity contribution in [2.45, 2.75) is 19.6 Å². The first kappa shape index (κ1) is 9.24. The van der Waals surface area contributed by atoms with Crippen molar-refractivity contribution in [2.75, 3.05) is 0 Å². The highest BCUT2D eigenvalue weighted by Crippen LogP contribution is 2.28. The summed E-state index contributed by atoms with van der Waals surface area (Å²) in [5, 5.41) is 2.01. The van der Waals surface area contributed by atoms with E-state index in [0.29, 0.717) is 0 Å². The Balaban J connectivity index is 3.14. The Bertz CT molecular complexity index is 326. The lowest BCUT2D eigenvalue weighted by molar-refractivity contribution is -0.138. The van der Waals surface area contributed by atoms with Crippen molar-refractivity contribution in [1.29, 1.82) is 0 Å². The number of alkyl halides is 3. The number of aromatic nitrogens is 2. The van der Waals surface area contributed by atoms with Gasteiger partial charge in [-0.15, -0.1) is 0 Å². The molecule has 0 amide bonds. The van der Waals surface area contributed by atoms with Gasteiger partial charge in [0.25, 0.3) is 0 Å². The summed E-state index contributed by atoms with van der Waals surface area (Å²) in [4.78, 5) is 10.1. The largest absolute Gasteiger partial charge is 0.445 e. The summed E-state index contributed by atoms with van der Waals surface area (Å²) >= 11 is 0.117. The number of aryl methyl sites for hydroxylation is 1. The summed E-state index contributed by atoms with van der Waals surface area (Å²) in [5.74, 6) is 0. The van der Waals surface area contributed by atoms with Gasteiger partial charge in [-0.2, -0.15) is 18.3 Å². The summed E-state index contributed by atoms with van der Waals surface area (Å²) in [6.07, 6.45) is -4.51. The molecule has 12 heavy (non-hydrogen) atoms. The molecule has 1 rings (SSSR count). The summed E-state index contributed by atoms with van der Waals surface area (Å²) in [6.45, 7) is 1.71. The van der Waals surface area contributed by atoms with E-state index in [-0.39, 0.29) is 17.9 Å². The van der Waals surface area contributed by atoms with Crippen LogP contribution >= 0.6 is 11.3 Å². The molecule has 3 nitrogen and oxygen atoms in total. The Hall–Kier alpha value is -0.850. The van der Waals surface area contributed by atoms with Crippen molar-refractivity contribution < 1.29 is 13.2 Å². The molecule has 0 aliphatic heterocycles. The standard InChI is InChI=1S/C5H5F3N2OS/c1-2-10-4(11)12-3(9-10)5(6,7)8/h2H2,1H3. The second-order valence-corrected chi connectivity index (χ2v) is 2.93. The highest BCUT2D eigenvalue weighted by atomic mass is 32.1. The predicted octanol–water partition coefficient (Wildman–Crippen LogP) is 1.34. The van der Waals surface area contributed by atoms with Crippen LogP contribution in [0, 0.1) is 0 Å². The number of hydrogen-bond donors (Lipinski definition) is 0. The quantitative estimate of drug-likeness (QED) is 0.682. The van der Waals surface area contributed by atoms with Gasteiger partial charge in [0, 0.05) is 6.54 Å². The molecular weight excluding hydrogens is 193 g/mol. The van der Waals surface area contributed by atoms with Gasteiger partial charge in [0.1, 0.15) is 0 Å². The first-order valence-corrected chi connectivity index (χ1v) is 3.92. The molecule has 1 heterocycles. The first-order chi connectivity index (χ1) is 5.45. The van der Waals surface area contributed by atoms with E-state index in [1.807, 2.05) is 0 Å². The van der Waals surface area contributed by atoms with E-state index in [0.717, 1.165) is 4.68 Å². The minimum absolute atomic E-state index is 0.117. The number of nitrogens with zero attached hydrogens (tertiary/aromatic N) is 2. The zero-order valence-electron chi connectivity index (χ0n) is 6.05. The molecule has 0 aliphatic carbocycles. The van der Waals surface area contributed by atoms with Crippen molar-refractivity contribution in [3.8, 4) is 0 Å².